The molecule has 1 nitrogen and oxygen atoms in total. The number of fused-ring (bicyclic) bond motifs is 1. The second-order valence-electron chi connectivity index (χ2n) is 5.93. The Balaban J connectivity index is 1.95. The maximum Gasteiger partial charge on any atom is 0.00957 e. The van der Waals surface area contributed by atoms with E-state index in [9.17, 15) is 0 Å². The largest absolute Gasteiger partial charge is 0.303 e. The number of nitrogens with zero attached hydrogens (tertiary/aromatic N) is 1. The minimum atomic E-state index is 0.526. The highest BCUT2D eigenvalue weighted by atomic mass is 15.2. The van der Waals surface area contributed by atoms with Gasteiger partial charge in [-0.2, -0.15) is 0 Å². The Morgan fingerprint density at radius 1 is 1.12 bits per heavy atom. The molecular formula is C15H21N. The summed E-state index contributed by atoms with van der Waals surface area (Å²) >= 11 is 0. The summed E-state index contributed by atoms with van der Waals surface area (Å²) in [5.41, 5.74) is 3.71. The van der Waals surface area contributed by atoms with Crippen molar-refractivity contribution >= 4 is 0 Å². The van der Waals surface area contributed by atoms with Crippen LogP contribution in [0.15, 0.2) is 24.3 Å². The monoisotopic (exact) mass is 215 g/mol. The Labute approximate surface area is 98.5 Å². The number of hydrogen-bond donors (Lipinski definition) is 0. The lowest BCUT2D eigenvalue weighted by molar-refractivity contribution is 0.240. The molecule has 0 saturated carbocycles. The highest BCUT2D eigenvalue weighted by Crippen LogP contribution is 2.49. The Bertz CT molecular complexity index is 385. The molecule has 2 atom stereocenters. The van der Waals surface area contributed by atoms with Gasteiger partial charge in [0, 0.05) is 12.6 Å². The third kappa shape index (κ3) is 1.27. The molecule has 1 aromatic rings. The summed E-state index contributed by atoms with van der Waals surface area (Å²) in [6.45, 7) is 6.09. The molecule has 1 spiro atoms. The topological polar surface area (TPSA) is 3.24 Å². The summed E-state index contributed by atoms with van der Waals surface area (Å²) in [6, 6.07) is 9.74. The molecule has 86 valence electrons. The Kier molecular flexibility index (Phi) is 2.16. The molecule has 0 N–H and O–H groups in total. The molecule has 16 heavy (non-hydrogen) atoms. The van der Waals surface area contributed by atoms with Gasteiger partial charge in [-0.05, 0) is 49.3 Å². The fourth-order valence-corrected chi connectivity index (χ4v) is 3.84. The van der Waals surface area contributed by atoms with E-state index in [0.717, 1.165) is 12.0 Å². The van der Waals surface area contributed by atoms with Crippen LogP contribution >= 0.6 is 0 Å². The van der Waals surface area contributed by atoms with E-state index >= 15 is 0 Å². The maximum atomic E-state index is 2.54. The maximum absolute atomic E-state index is 2.54. The lowest BCUT2D eigenvalue weighted by Gasteiger charge is -2.28. The van der Waals surface area contributed by atoms with E-state index in [1.54, 1.807) is 11.1 Å². The van der Waals surface area contributed by atoms with Crippen molar-refractivity contribution in [3.8, 4) is 0 Å². The van der Waals surface area contributed by atoms with Crippen molar-refractivity contribution in [3.63, 3.8) is 0 Å². The van der Waals surface area contributed by atoms with Crippen LogP contribution in [-0.2, 0) is 12.8 Å². The fraction of sp³-hybridized carbons (Fsp3) is 0.600. The zero-order chi connectivity index (χ0) is 11.3. The molecule has 0 bridgehead atoms. The first-order valence-corrected chi connectivity index (χ1v) is 6.39. The molecule has 1 unspecified atom stereocenters. The third-order valence-corrected chi connectivity index (χ3v) is 5.15. The number of benzene rings is 1. The first-order chi connectivity index (χ1) is 7.62. The van der Waals surface area contributed by atoms with Crippen molar-refractivity contribution in [2.75, 3.05) is 13.6 Å². The van der Waals surface area contributed by atoms with Crippen molar-refractivity contribution < 1.29 is 0 Å². The standard InChI is InChI=1S/C15H21N/c1-11-12(2)16(3)10-15(11)8-13-6-4-5-7-14(13)9-15/h4-7,11-12H,8-10H2,1-3H3/t11?,12-/m1/s1. The van der Waals surface area contributed by atoms with E-state index in [1.165, 1.54) is 19.4 Å². The molecule has 1 aliphatic heterocycles. The summed E-state index contributed by atoms with van der Waals surface area (Å²) in [5.74, 6) is 0.810. The van der Waals surface area contributed by atoms with Gasteiger partial charge in [-0.1, -0.05) is 31.2 Å². The van der Waals surface area contributed by atoms with Crippen LogP contribution in [0.25, 0.3) is 0 Å². The van der Waals surface area contributed by atoms with Crippen LogP contribution in [0.3, 0.4) is 0 Å². The molecule has 1 heteroatoms. The summed E-state index contributed by atoms with van der Waals surface area (Å²) in [5, 5.41) is 0. The summed E-state index contributed by atoms with van der Waals surface area (Å²) < 4.78 is 0. The minimum Gasteiger partial charge on any atom is -0.303 e. The molecule has 3 rings (SSSR count). The molecule has 2 aliphatic rings. The fourth-order valence-electron chi connectivity index (χ4n) is 3.84. The zero-order valence-electron chi connectivity index (χ0n) is 10.5. The van der Waals surface area contributed by atoms with E-state index in [1.807, 2.05) is 0 Å². The molecule has 0 radical (unpaired) electrons. The third-order valence-electron chi connectivity index (χ3n) is 5.15. The van der Waals surface area contributed by atoms with E-state index in [-0.39, 0.29) is 0 Å². The molecule has 1 fully saturated rings. The van der Waals surface area contributed by atoms with Gasteiger partial charge >= 0.3 is 0 Å². The van der Waals surface area contributed by atoms with Crippen molar-refractivity contribution in [1.29, 1.82) is 0 Å². The lowest BCUT2D eigenvalue weighted by atomic mass is 9.74. The highest BCUT2D eigenvalue weighted by Gasteiger charge is 2.49. The van der Waals surface area contributed by atoms with Gasteiger partial charge in [0.1, 0.15) is 0 Å². The van der Waals surface area contributed by atoms with Crippen LogP contribution in [0.2, 0.25) is 0 Å². The van der Waals surface area contributed by atoms with Crippen molar-refractivity contribution in [2.45, 2.75) is 32.7 Å². The zero-order valence-corrected chi connectivity index (χ0v) is 10.5. The Hall–Kier alpha value is -0.820. The van der Waals surface area contributed by atoms with Gasteiger partial charge in [0.25, 0.3) is 0 Å². The normalized spacial score (nSPS) is 32.2. The summed E-state index contributed by atoms with van der Waals surface area (Å²) in [6.07, 6.45) is 2.58. The van der Waals surface area contributed by atoms with Gasteiger partial charge in [0.2, 0.25) is 0 Å². The molecule has 0 aromatic heterocycles. The average molecular weight is 215 g/mol. The van der Waals surface area contributed by atoms with Crippen LogP contribution < -0.4 is 0 Å². The smallest absolute Gasteiger partial charge is 0.00957 e. The first kappa shape index (κ1) is 10.3. The van der Waals surface area contributed by atoms with E-state index in [2.05, 4.69) is 50.1 Å². The van der Waals surface area contributed by atoms with Gasteiger partial charge in [-0.15, -0.1) is 0 Å². The average Bonchev–Trinajstić information content (AvgIpc) is 2.73. The van der Waals surface area contributed by atoms with E-state index in [0.29, 0.717) is 5.41 Å². The number of rotatable bonds is 0. The van der Waals surface area contributed by atoms with Gasteiger partial charge in [0.05, 0.1) is 0 Å². The molecule has 1 aromatic carbocycles. The van der Waals surface area contributed by atoms with Gasteiger partial charge in [-0.3, -0.25) is 0 Å². The minimum absolute atomic E-state index is 0.526. The predicted octanol–water partition coefficient (Wildman–Crippen LogP) is 2.74. The Morgan fingerprint density at radius 3 is 2.12 bits per heavy atom. The number of likely N-dealkylation sites (tertiary alicyclic amines) is 1. The molecular weight excluding hydrogens is 194 g/mol. The van der Waals surface area contributed by atoms with Crippen molar-refractivity contribution in [1.82, 2.24) is 4.90 Å². The predicted molar refractivity (Wildman–Crippen MR) is 67.5 cm³/mol. The van der Waals surface area contributed by atoms with Crippen LogP contribution in [0.1, 0.15) is 25.0 Å². The second kappa shape index (κ2) is 3.33. The first-order valence-electron chi connectivity index (χ1n) is 6.39. The highest BCUT2D eigenvalue weighted by molar-refractivity contribution is 5.35. The molecule has 1 heterocycles. The van der Waals surface area contributed by atoms with Crippen molar-refractivity contribution in [2.24, 2.45) is 11.3 Å². The summed E-state index contributed by atoms with van der Waals surface area (Å²) in [4.78, 5) is 2.54. The van der Waals surface area contributed by atoms with Crippen LogP contribution in [-0.4, -0.2) is 24.5 Å². The molecule has 1 saturated heterocycles. The summed E-state index contributed by atoms with van der Waals surface area (Å²) in [7, 11) is 2.28. The van der Waals surface area contributed by atoms with Gasteiger partial charge in [-0.25, -0.2) is 0 Å². The second-order valence-corrected chi connectivity index (χ2v) is 5.93. The van der Waals surface area contributed by atoms with Crippen LogP contribution in [0, 0.1) is 11.3 Å². The molecule has 0 amide bonds. The van der Waals surface area contributed by atoms with Gasteiger partial charge in [0.15, 0.2) is 0 Å². The lowest BCUT2D eigenvalue weighted by Crippen LogP contribution is -2.30. The molecule has 1 aliphatic carbocycles. The van der Waals surface area contributed by atoms with E-state index < -0.39 is 0 Å². The number of hydrogen-bond acceptors (Lipinski definition) is 1. The van der Waals surface area contributed by atoms with Crippen LogP contribution in [0.5, 0.6) is 0 Å². The van der Waals surface area contributed by atoms with Crippen LogP contribution in [0.4, 0.5) is 0 Å². The Morgan fingerprint density at radius 2 is 1.69 bits per heavy atom. The van der Waals surface area contributed by atoms with Crippen molar-refractivity contribution in [3.05, 3.63) is 35.4 Å². The quantitative estimate of drug-likeness (QED) is 0.643. The SMILES string of the molecule is CC1[C@@H](C)N(C)CC12Cc1ccccc1C2. The van der Waals surface area contributed by atoms with E-state index in [4.69, 9.17) is 0 Å². The van der Waals surface area contributed by atoms with Gasteiger partial charge < -0.3 is 4.90 Å².